The molecule has 0 radical (unpaired) electrons. The van der Waals surface area contributed by atoms with Crippen molar-refractivity contribution in [1.29, 1.82) is 0 Å². The molecule has 5 heteroatoms. The summed E-state index contributed by atoms with van der Waals surface area (Å²) in [4.78, 5) is 11.4. The van der Waals surface area contributed by atoms with Crippen molar-refractivity contribution < 1.29 is 19.1 Å². The monoisotopic (exact) mass is 289 g/mol. The summed E-state index contributed by atoms with van der Waals surface area (Å²) in [5, 5.41) is 12.7. The Morgan fingerprint density at radius 3 is 2.71 bits per heavy atom. The third-order valence-electron chi connectivity index (χ3n) is 3.03. The van der Waals surface area contributed by atoms with E-state index in [4.69, 9.17) is 9.15 Å². The van der Waals surface area contributed by atoms with Crippen molar-refractivity contribution in [3.63, 3.8) is 0 Å². The number of hydrogen-bond acceptors (Lipinski definition) is 4. The first-order chi connectivity index (χ1) is 10.2. The van der Waals surface area contributed by atoms with Crippen LogP contribution in [-0.2, 0) is 9.53 Å². The lowest BCUT2D eigenvalue weighted by Gasteiger charge is -2.12. The van der Waals surface area contributed by atoms with Crippen LogP contribution < -0.4 is 5.32 Å². The van der Waals surface area contributed by atoms with Gasteiger partial charge in [0, 0.05) is 18.7 Å². The largest absolute Gasteiger partial charge is 0.464 e. The molecule has 0 spiro atoms. The zero-order chi connectivity index (χ0) is 15.1. The summed E-state index contributed by atoms with van der Waals surface area (Å²) < 4.78 is 10.3. The van der Waals surface area contributed by atoms with E-state index < -0.39 is 6.10 Å². The highest BCUT2D eigenvalue weighted by molar-refractivity contribution is 5.77. The molecule has 2 N–H and O–H groups in total. The maximum absolute atomic E-state index is 11.4. The second kappa shape index (κ2) is 7.61. The van der Waals surface area contributed by atoms with Gasteiger partial charge in [0.1, 0.15) is 12.4 Å². The van der Waals surface area contributed by atoms with Gasteiger partial charge in [0.05, 0.1) is 12.4 Å². The molecule has 0 unspecified atom stereocenters. The highest BCUT2D eigenvalue weighted by Crippen LogP contribution is 2.22. The van der Waals surface area contributed by atoms with E-state index in [2.05, 4.69) is 5.32 Å². The van der Waals surface area contributed by atoms with E-state index in [9.17, 15) is 9.90 Å². The molecule has 0 aliphatic heterocycles. The number of amides is 1. The number of hydrogen-bond donors (Lipinski definition) is 2. The fraction of sp³-hybridized carbons (Fsp3) is 0.312. The van der Waals surface area contributed by atoms with E-state index in [1.807, 2.05) is 43.3 Å². The molecule has 0 saturated carbocycles. The maximum Gasteiger partial charge on any atom is 0.246 e. The Hall–Kier alpha value is -2.11. The Kier molecular flexibility index (Phi) is 5.54. The molecule has 1 atom stereocenters. The molecule has 1 heterocycles. The Balaban J connectivity index is 1.88. The predicted molar refractivity (Wildman–Crippen MR) is 78.6 cm³/mol. The highest BCUT2D eigenvalue weighted by atomic mass is 16.5. The lowest BCUT2D eigenvalue weighted by atomic mass is 10.1. The molecule has 0 fully saturated rings. The van der Waals surface area contributed by atoms with Gasteiger partial charge in [-0.15, -0.1) is 0 Å². The van der Waals surface area contributed by atoms with Gasteiger partial charge < -0.3 is 19.6 Å². The van der Waals surface area contributed by atoms with E-state index in [-0.39, 0.29) is 19.1 Å². The fourth-order valence-corrected chi connectivity index (χ4v) is 1.89. The molecule has 1 amide bonds. The first kappa shape index (κ1) is 15.3. The van der Waals surface area contributed by atoms with Gasteiger partial charge in [-0.25, -0.2) is 0 Å². The van der Waals surface area contributed by atoms with E-state index in [1.54, 1.807) is 6.26 Å². The quantitative estimate of drug-likeness (QED) is 0.819. The van der Waals surface area contributed by atoms with Crippen LogP contribution in [0.1, 0.15) is 18.6 Å². The molecule has 112 valence electrons. The van der Waals surface area contributed by atoms with Crippen LogP contribution in [0.25, 0.3) is 11.3 Å². The van der Waals surface area contributed by atoms with Crippen LogP contribution in [0.15, 0.2) is 47.1 Å². The van der Waals surface area contributed by atoms with Crippen LogP contribution >= 0.6 is 0 Å². The number of carbonyl (C=O) groups is 1. The summed E-state index contributed by atoms with van der Waals surface area (Å²) in [5.41, 5.74) is 1.68. The summed E-state index contributed by atoms with van der Waals surface area (Å²) in [6.45, 7) is 2.49. The lowest BCUT2D eigenvalue weighted by molar-refractivity contribution is -0.126. The number of benzene rings is 1. The molecule has 2 aromatic rings. The summed E-state index contributed by atoms with van der Waals surface area (Å²) in [7, 11) is 0. The number of aliphatic hydroxyl groups excluding tert-OH is 1. The molecule has 0 aliphatic carbocycles. The third kappa shape index (κ3) is 4.44. The molecule has 0 saturated heterocycles. The van der Waals surface area contributed by atoms with Crippen LogP contribution in [-0.4, -0.2) is 30.8 Å². The molecule has 5 nitrogen and oxygen atoms in total. The van der Waals surface area contributed by atoms with Gasteiger partial charge in [0.2, 0.25) is 5.91 Å². The minimum atomic E-state index is -0.749. The summed E-state index contributed by atoms with van der Waals surface area (Å²) >= 11 is 0. The second-order valence-electron chi connectivity index (χ2n) is 4.56. The van der Waals surface area contributed by atoms with Crippen LogP contribution in [0.4, 0.5) is 0 Å². The van der Waals surface area contributed by atoms with E-state index in [1.165, 1.54) is 0 Å². The molecular formula is C16H19NO4. The summed E-state index contributed by atoms with van der Waals surface area (Å²) in [6.07, 6.45) is 0.868. The molecule has 1 aromatic carbocycles. The smallest absolute Gasteiger partial charge is 0.246 e. The van der Waals surface area contributed by atoms with Crippen molar-refractivity contribution in [2.24, 2.45) is 0 Å². The third-order valence-corrected chi connectivity index (χ3v) is 3.03. The Bertz CT molecular complexity index is 548. The Labute approximate surface area is 123 Å². The van der Waals surface area contributed by atoms with Gasteiger partial charge in [0.25, 0.3) is 0 Å². The van der Waals surface area contributed by atoms with Crippen molar-refractivity contribution in [1.82, 2.24) is 5.32 Å². The average Bonchev–Trinajstić information content (AvgIpc) is 3.05. The number of aliphatic hydroxyl groups is 1. The molecule has 2 rings (SSSR count). The van der Waals surface area contributed by atoms with Crippen molar-refractivity contribution in [3.8, 4) is 11.3 Å². The van der Waals surface area contributed by atoms with E-state index >= 15 is 0 Å². The van der Waals surface area contributed by atoms with Crippen LogP contribution in [0.3, 0.4) is 0 Å². The van der Waals surface area contributed by atoms with Gasteiger partial charge in [-0.2, -0.15) is 0 Å². The molecule has 21 heavy (non-hydrogen) atoms. The normalized spacial score (nSPS) is 12.1. The first-order valence-electron chi connectivity index (χ1n) is 6.87. The molecular weight excluding hydrogens is 270 g/mol. The first-order valence-corrected chi connectivity index (χ1v) is 6.87. The summed E-state index contributed by atoms with van der Waals surface area (Å²) in [6, 6.07) is 11.1. The van der Waals surface area contributed by atoms with E-state index in [0.717, 1.165) is 16.9 Å². The zero-order valence-corrected chi connectivity index (χ0v) is 11.9. The average molecular weight is 289 g/mol. The zero-order valence-electron chi connectivity index (χ0n) is 11.9. The van der Waals surface area contributed by atoms with Crippen molar-refractivity contribution in [2.75, 3.05) is 19.8 Å². The minimum Gasteiger partial charge on any atom is -0.464 e. The summed E-state index contributed by atoms with van der Waals surface area (Å²) in [5.74, 6) is 0.546. The number of ether oxygens (including phenoxy) is 1. The number of nitrogens with one attached hydrogen (secondary N) is 1. The SMILES string of the molecule is CCOCC(=O)NC[C@H](O)c1ccc(-c2ccco2)cc1. The highest BCUT2D eigenvalue weighted by Gasteiger charge is 2.10. The molecule has 1 aromatic heterocycles. The van der Waals surface area contributed by atoms with Crippen molar-refractivity contribution in [2.45, 2.75) is 13.0 Å². The van der Waals surface area contributed by atoms with Gasteiger partial charge >= 0.3 is 0 Å². The second-order valence-corrected chi connectivity index (χ2v) is 4.56. The van der Waals surface area contributed by atoms with Crippen LogP contribution in [0.2, 0.25) is 0 Å². The van der Waals surface area contributed by atoms with Crippen molar-refractivity contribution in [3.05, 3.63) is 48.2 Å². The maximum atomic E-state index is 11.4. The standard InChI is InChI=1S/C16H19NO4/c1-2-20-11-16(19)17-10-14(18)12-5-7-13(8-6-12)15-4-3-9-21-15/h3-9,14,18H,2,10-11H2,1H3,(H,17,19)/t14-/m0/s1. The van der Waals surface area contributed by atoms with Crippen LogP contribution in [0.5, 0.6) is 0 Å². The molecule has 0 aliphatic rings. The topological polar surface area (TPSA) is 71.7 Å². The van der Waals surface area contributed by atoms with Gasteiger partial charge in [-0.3, -0.25) is 4.79 Å². The Morgan fingerprint density at radius 2 is 2.10 bits per heavy atom. The number of rotatable bonds is 7. The lowest BCUT2D eigenvalue weighted by Crippen LogP contribution is -2.31. The van der Waals surface area contributed by atoms with Gasteiger partial charge in [0.15, 0.2) is 0 Å². The van der Waals surface area contributed by atoms with Gasteiger partial charge in [-0.1, -0.05) is 24.3 Å². The van der Waals surface area contributed by atoms with E-state index in [0.29, 0.717) is 6.61 Å². The number of furan rings is 1. The fourth-order valence-electron chi connectivity index (χ4n) is 1.89. The predicted octanol–water partition coefficient (Wildman–Crippen LogP) is 2.13. The molecule has 0 bridgehead atoms. The minimum absolute atomic E-state index is 0.0145. The number of carbonyl (C=O) groups excluding carboxylic acids is 1. The van der Waals surface area contributed by atoms with Crippen LogP contribution in [0, 0.1) is 0 Å². The Morgan fingerprint density at radius 1 is 1.33 bits per heavy atom. The van der Waals surface area contributed by atoms with Crippen molar-refractivity contribution >= 4 is 5.91 Å². The van der Waals surface area contributed by atoms with Gasteiger partial charge in [-0.05, 0) is 24.6 Å².